The van der Waals surface area contributed by atoms with E-state index in [0.29, 0.717) is 30.6 Å². The van der Waals surface area contributed by atoms with Gasteiger partial charge in [-0.3, -0.25) is 9.69 Å². The average Bonchev–Trinajstić information content (AvgIpc) is 3.13. The summed E-state index contributed by atoms with van der Waals surface area (Å²) in [7, 11) is 0. The summed E-state index contributed by atoms with van der Waals surface area (Å²) in [6, 6.07) is 5.38. The molecule has 24 heavy (non-hydrogen) atoms. The number of nitrogens with zero attached hydrogens (tertiary/aromatic N) is 4. The molecule has 2 aromatic rings. The first-order valence-corrected chi connectivity index (χ1v) is 7.40. The molecule has 0 radical (unpaired) electrons. The molecule has 8 nitrogen and oxygen atoms in total. The molecule has 1 aliphatic heterocycles. The summed E-state index contributed by atoms with van der Waals surface area (Å²) < 4.78 is 18.1. The highest BCUT2D eigenvalue weighted by atomic mass is 19.1. The second-order valence-corrected chi connectivity index (χ2v) is 5.32. The second-order valence-electron chi connectivity index (χ2n) is 5.32. The highest BCUT2D eigenvalue weighted by molar-refractivity contribution is 5.96. The van der Waals surface area contributed by atoms with Gasteiger partial charge in [0, 0.05) is 25.7 Å². The van der Waals surface area contributed by atoms with Crippen LogP contribution in [0, 0.1) is 12.7 Å². The Morgan fingerprint density at radius 3 is 2.71 bits per heavy atom. The molecular weight excluding hydrogens is 317 g/mol. The third-order valence-corrected chi connectivity index (χ3v) is 3.57. The van der Waals surface area contributed by atoms with Crippen molar-refractivity contribution in [2.45, 2.75) is 13.5 Å². The number of carbonyl (C=O) groups is 2. The van der Waals surface area contributed by atoms with Gasteiger partial charge in [0.05, 0.1) is 6.54 Å². The Morgan fingerprint density at radius 1 is 1.29 bits per heavy atom. The molecule has 0 atom stereocenters. The molecule has 9 heteroatoms. The summed E-state index contributed by atoms with van der Waals surface area (Å²) in [5.41, 5.74) is 0.602. The molecule has 0 spiro atoms. The molecule has 126 valence electrons. The van der Waals surface area contributed by atoms with E-state index in [1.165, 1.54) is 34.1 Å². The maximum atomic E-state index is 13.0. The van der Waals surface area contributed by atoms with Crippen molar-refractivity contribution in [3.8, 4) is 0 Å². The molecule has 0 saturated carbocycles. The fourth-order valence-electron chi connectivity index (χ4n) is 2.40. The fraction of sp³-hybridized carbons (Fsp3) is 0.333. The van der Waals surface area contributed by atoms with Gasteiger partial charge in [0.1, 0.15) is 12.4 Å². The van der Waals surface area contributed by atoms with Crippen LogP contribution in [0.15, 0.2) is 28.7 Å². The Bertz CT molecular complexity index is 746. The van der Waals surface area contributed by atoms with Crippen molar-refractivity contribution < 1.29 is 18.4 Å². The number of benzene rings is 1. The smallest absolute Gasteiger partial charge is 0.325 e. The largest absolute Gasteiger partial charge is 0.424 e. The molecule has 0 bridgehead atoms. The highest BCUT2D eigenvalue weighted by Crippen LogP contribution is 2.20. The third kappa shape index (κ3) is 3.50. The topological polar surface area (TPSA) is 91.6 Å². The zero-order valence-corrected chi connectivity index (χ0v) is 13.0. The summed E-state index contributed by atoms with van der Waals surface area (Å²) in [4.78, 5) is 27.2. The van der Waals surface area contributed by atoms with Crippen LogP contribution in [0.25, 0.3) is 0 Å². The second kappa shape index (κ2) is 6.65. The standard InChI is InChI=1S/C15H16FN5O3/c1-10-18-19-14(24-10)8-17-13(22)9-20-6-7-21(15(20)23)12-4-2-11(16)3-5-12/h2-5H,6-9H2,1H3,(H,17,22). The fourth-order valence-corrected chi connectivity index (χ4v) is 2.40. The lowest BCUT2D eigenvalue weighted by molar-refractivity contribution is -0.121. The van der Waals surface area contributed by atoms with Crippen LogP contribution in [0.1, 0.15) is 11.8 Å². The molecule has 0 aliphatic carbocycles. The number of amides is 3. The number of aromatic nitrogens is 2. The van der Waals surface area contributed by atoms with Crippen LogP contribution in [-0.4, -0.2) is 46.7 Å². The van der Waals surface area contributed by atoms with Crippen LogP contribution >= 0.6 is 0 Å². The molecule has 2 heterocycles. The number of halogens is 1. The van der Waals surface area contributed by atoms with Crippen LogP contribution in [0.3, 0.4) is 0 Å². The van der Waals surface area contributed by atoms with Gasteiger partial charge in [0.2, 0.25) is 17.7 Å². The molecule has 1 aliphatic rings. The minimum atomic E-state index is -0.363. The SMILES string of the molecule is Cc1nnc(CNC(=O)CN2CCN(c3ccc(F)cc3)C2=O)o1. The number of hydrogen-bond donors (Lipinski definition) is 1. The van der Waals surface area contributed by atoms with Crippen molar-refractivity contribution >= 4 is 17.6 Å². The van der Waals surface area contributed by atoms with Crippen molar-refractivity contribution in [2.75, 3.05) is 24.5 Å². The maximum absolute atomic E-state index is 13.0. The van der Waals surface area contributed by atoms with Gasteiger partial charge in [-0.15, -0.1) is 10.2 Å². The molecule has 1 N–H and O–H groups in total. The number of carbonyl (C=O) groups excluding carboxylic acids is 2. The molecule has 1 aromatic carbocycles. The van der Waals surface area contributed by atoms with Crippen molar-refractivity contribution in [1.82, 2.24) is 20.4 Å². The van der Waals surface area contributed by atoms with Gasteiger partial charge in [-0.25, -0.2) is 9.18 Å². The Morgan fingerprint density at radius 2 is 2.04 bits per heavy atom. The Labute approximate surface area is 137 Å². The van der Waals surface area contributed by atoms with Gasteiger partial charge in [-0.1, -0.05) is 0 Å². The number of hydrogen-bond acceptors (Lipinski definition) is 5. The quantitative estimate of drug-likeness (QED) is 0.884. The number of aryl methyl sites for hydroxylation is 1. The van der Waals surface area contributed by atoms with Crippen LogP contribution < -0.4 is 10.2 Å². The van der Waals surface area contributed by atoms with Gasteiger partial charge in [-0.2, -0.15) is 0 Å². The van der Waals surface area contributed by atoms with E-state index < -0.39 is 0 Å². The van der Waals surface area contributed by atoms with E-state index in [2.05, 4.69) is 15.5 Å². The minimum Gasteiger partial charge on any atom is -0.424 e. The molecule has 1 fully saturated rings. The Kier molecular flexibility index (Phi) is 4.41. The third-order valence-electron chi connectivity index (χ3n) is 3.57. The van der Waals surface area contributed by atoms with E-state index in [0.717, 1.165) is 0 Å². The molecular formula is C15H16FN5O3. The van der Waals surface area contributed by atoms with Gasteiger partial charge in [0.25, 0.3) is 0 Å². The molecule has 3 rings (SSSR count). The van der Waals surface area contributed by atoms with Gasteiger partial charge >= 0.3 is 6.03 Å². The lowest BCUT2D eigenvalue weighted by Crippen LogP contribution is -2.39. The van der Waals surface area contributed by atoms with Crippen molar-refractivity contribution in [3.63, 3.8) is 0 Å². The molecule has 1 aromatic heterocycles. The minimum absolute atomic E-state index is 0.0658. The summed E-state index contributed by atoms with van der Waals surface area (Å²) >= 11 is 0. The van der Waals surface area contributed by atoms with Crippen LogP contribution in [0.4, 0.5) is 14.9 Å². The Balaban J connectivity index is 1.53. The highest BCUT2D eigenvalue weighted by Gasteiger charge is 2.30. The predicted octanol–water partition coefficient (Wildman–Crippen LogP) is 1.08. The average molecular weight is 333 g/mol. The summed E-state index contributed by atoms with van der Waals surface area (Å²) in [6.07, 6.45) is 0. The maximum Gasteiger partial charge on any atom is 0.325 e. The van der Waals surface area contributed by atoms with Crippen LogP contribution in [0.5, 0.6) is 0 Å². The van der Waals surface area contributed by atoms with Gasteiger partial charge in [0.15, 0.2) is 0 Å². The van der Waals surface area contributed by atoms with Crippen LogP contribution in [-0.2, 0) is 11.3 Å². The van der Waals surface area contributed by atoms with E-state index in [1.54, 1.807) is 6.92 Å². The first-order valence-electron chi connectivity index (χ1n) is 7.40. The van der Waals surface area contributed by atoms with E-state index in [1.807, 2.05) is 0 Å². The zero-order valence-electron chi connectivity index (χ0n) is 13.0. The molecule has 3 amide bonds. The number of anilines is 1. The first-order chi connectivity index (χ1) is 11.5. The van der Waals surface area contributed by atoms with Crippen molar-refractivity contribution in [1.29, 1.82) is 0 Å². The molecule has 0 unspecified atom stereocenters. The lowest BCUT2D eigenvalue weighted by Gasteiger charge is -2.18. The number of urea groups is 1. The van der Waals surface area contributed by atoms with Gasteiger partial charge in [-0.05, 0) is 24.3 Å². The zero-order chi connectivity index (χ0) is 17.1. The van der Waals surface area contributed by atoms with E-state index in [9.17, 15) is 14.0 Å². The summed E-state index contributed by atoms with van der Waals surface area (Å²) in [5, 5.41) is 10.1. The monoisotopic (exact) mass is 333 g/mol. The predicted molar refractivity (Wildman–Crippen MR) is 81.6 cm³/mol. The first kappa shape index (κ1) is 15.9. The number of nitrogens with one attached hydrogen (secondary N) is 1. The lowest BCUT2D eigenvalue weighted by atomic mass is 10.3. The van der Waals surface area contributed by atoms with Gasteiger partial charge < -0.3 is 14.6 Å². The Hall–Kier alpha value is -2.97. The number of rotatable bonds is 5. The van der Waals surface area contributed by atoms with Crippen molar-refractivity contribution in [3.05, 3.63) is 41.9 Å². The van der Waals surface area contributed by atoms with E-state index in [-0.39, 0.29) is 30.8 Å². The summed E-state index contributed by atoms with van der Waals surface area (Å²) in [5.74, 6) is 0.0449. The molecule has 1 saturated heterocycles. The van der Waals surface area contributed by atoms with E-state index >= 15 is 0 Å². The van der Waals surface area contributed by atoms with Crippen LogP contribution in [0.2, 0.25) is 0 Å². The normalized spacial score (nSPS) is 14.3. The van der Waals surface area contributed by atoms with E-state index in [4.69, 9.17) is 4.42 Å². The summed E-state index contributed by atoms with van der Waals surface area (Å²) in [6.45, 7) is 2.57. The van der Waals surface area contributed by atoms with Crippen molar-refractivity contribution in [2.24, 2.45) is 0 Å².